The number of aryl methyl sites for hydroxylation is 1. The van der Waals surface area contributed by atoms with Gasteiger partial charge >= 0.3 is 0 Å². The van der Waals surface area contributed by atoms with Crippen molar-refractivity contribution >= 4 is 17.5 Å². The van der Waals surface area contributed by atoms with Crippen molar-refractivity contribution in [1.82, 2.24) is 5.32 Å². The summed E-state index contributed by atoms with van der Waals surface area (Å²) in [7, 11) is 1.61. The fourth-order valence-corrected chi connectivity index (χ4v) is 3.66. The fraction of sp³-hybridized carbons (Fsp3) is 0.304. The van der Waals surface area contributed by atoms with E-state index in [1.165, 1.54) is 0 Å². The summed E-state index contributed by atoms with van der Waals surface area (Å²) in [6.45, 7) is 6.08. The number of amides is 2. The number of benzene rings is 2. The van der Waals surface area contributed by atoms with E-state index in [-0.39, 0.29) is 23.8 Å². The molecule has 5 nitrogen and oxygen atoms in total. The molecule has 1 fully saturated rings. The number of piperidine rings is 1. The number of carbonyl (C=O) groups excluding carboxylic acids is 2. The number of ether oxygens (including phenoxy) is 1. The van der Waals surface area contributed by atoms with Crippen LogP contribution in [-0.2, 0) is 9.59 Å². The maximum absolute atomic E-state index is 12.9. The van der Waals surface area contributed by atoms with E-state index in [1.54, 1.807) is 18.1 Å². The van der Waals surface area contributed by atoms with Crippen LogP contribution in [0.15, 0.2) is 61.2 Å². The van der Waals surface area contributed by atoms with Gasteiger partial charge in [0.2, 0.25) is 11.8 Å². The van der Waals surface area contributed by atoms with Gasteiger partial charge < -0.3 is 15.0 Å². The summed E-state index contributed by atoms with van der Waals surface area (Å²) in [6.07, 6.45) is 2.51. The number of anilines is 1. The van der Waals surface area contributed by atoms with E-state index in [2.05, 4.69) is 11.9 Å². The van der Waals surface area contributed by atoms with E-state index in [1.807, 2.05) is 55.5 Å². The zero-order valence-corrected chi connectivity index (χ0v) is 16.4. The van der Waals surface area contributed by atoms with Gasteiger partial charge in [0.25, 0.3) is 0 Å². The van der Waals surface area contributed by atoms with E-state index in [9.17, 15) is 9.59 Å². The van der Waals surface area contributed by atoms with Gasteiger partial charge in [-0.15, -0.1) is 6.58 Å². The lowest BCUT2D eigenvalue weighted by Crippen LogP contribution is -2.48. The van der Waals surface area contributed by atoms with Crippen LogP contribution in [0.25, 0.3) is 0 Å². The first-order valence-electron chi connectivity index (χ1n) is 9.46. The van der Waals surface area contributed by atoms with Gasteiger partial charge in [-0.3, -0.25) is 9.59 Å². The Balaban J connectivity index is 2.04. The molecule has 0 saturated carbocycles. The van der Waals surface area contributed by atoms with E-state index in [4.69, 9.17) is 4.74 Å². The first kappa shape index (κ1) is 19.7. The van der Waals surface area contributed by atoms with Crippen molar-refractivity contribution in [2.24, 2.45) is 5.92 Å². The molecule has 1 saturated heterocycles. The van der Waals surface area contributed by atoms with Crippen LogP contribution in [0, 0.1) is 12.8 Å². The Kier molecular flexibility index (Phi) is 6.14. The van der Waals surface area contributed by atoms with Crippen molar-refractivity contribution in [1.29, 1.82) is 0 Å². The van der Waals surface area contributed by atoms with Crippen LogP contribution < -0.4 is 15.0 Å². The van der Waals surface area contributed by atoms with Crippen molar-refractivity contribution in [2.75, 3.05) is 18.6 Å². The van der Waals surface area contributed by atoms with E-state index < -0.39 is 0 Å². The zero-order valence-electron chi connectivity index (χ0n) is 16.4. The topological polar surface area (TPSA) is 58.6 Å². The van der Waals surface area contributed by atoms with Gasteiger partial charge in [0.1, 0.15) is 5.75 Å². The zero-order chi connectivity index (χ0) is 20.1. The monoisotopic (exact) mass is 378 g/mol. The van der Waals surface area contributed by atoms with E-state index in [0.29, 0.717) is 19.4 Å². The Morgan fingerprint density at radius 1 is 1.21 bits per heavy atom. The van der Waals surface area contributed by atoms with Crippen molar-refractivity contribution < 1.29 is 14.3 Å². The molecule has 1 N–H and O–H groups in total. The molecule has 28 heavy (non-hydrogen) atoms. The molecule has 2 atom stereocenters. The molecule has 1 aliphatic rings. The quantitative estimate of drug-likeness (QED) is 0.778. The average molecular weight is 378 g/mol. The van der Waals surface area contributed by atoms with Gasteiger partial charge in [0, 0.05) is 18.7 Å². The molecule has 2 aromatic carbocycles. The summed E-state index contributed by atoms with van der Waals surface area (Å²) in [6, 6.07) is 15.0. The van der Waals surface area contributed by atoms with Crippen LogP contribution >= 0.6 is 0 Å². The smallest absolute Gasteiger partial charge is 0.227 e. The maximum Gasteiger partial charge on any atom is 0.227 e. The van der Waals surface area contributed by atoms with Crippen LogP contribution in [0.3, 0.4) is 0 Å². The largest absolute Gasteiger partial charge is 0.497 e. The van der Waals surface area contributed by atoms with Crippen LogP contribution in [0.2, 0.25) is 0 Å². The number of methoxy groups -OCH3 is 1. The van der Waals surface area contributed by atoms with Gasteiger partial charge in [0.05, 0.1) is 19.1 Å². The molecule has 1 aliphatic heterocycles. The summed E-state index contributed by atoms with van der Waals surface area (Å²) in [5.41, 5.74) is 2.83. The predicted molar refractivity (Wildman–Crippen MR) is 110 cm³/mol. The SMILES string of the molecule is C=CCNC(=O)C1CCC(=O)N(c2ccc(C)cc2)C1c1ccc(OC)cc1. The molecule has 0 aliphatic carbocycles. The molecule has 2 amide bonds. The van der Waals surface area contributed by atoms with Gasteiger partial charge in [-0.2, -0.15) is 0 Å². The second-order valence-corrected chi connectivity index (χ2v) is 7.00. The molecule has 0 spiro atoms. The van der Waals surface area contributed by atoms with E-state index in [0.717, 1.165) is 22.6 Å². The Morgan fingerprint density at radius 3 is 2.50 bits per heavy atom. The highest BCUT2D eigenvalue weighted by molar-refractivity contribution is 5.97. The molecule has 3 rings (SSSR count). The lowest BCUT2D eigenvalue weighted by Gasteiger charge is -2.41. The molecule has 146 valence electrons. The number of nitrogens with one attached hydrogen (secondary N) is 1. The van der Waals surface area contributed by atoms with Crippen molar-refractivity contribution in [3.63, 3.8) is 0 Å². The van der Waals surface area contributed by atoms with E-state index >= 15 is 0 Å². The maximum atomic E-state index is 12.9. The highest BCUT2D eigenvalue weighted by atomic mass is 16.5. The number of hydrogen-bond acceptors (Lipinski definition) is 3. The minimum absolute atomic E-state index is 0.0254. The summed E-state index contributed by atoms with van der Waals surface area (Å²) < 4.78 is 5.26. The van der Waals surface area contributed by atoms with Gasteiger partial charge in [0.15, 0.2) is 0 Å². The Morgan fingerprint density at radius 2 is 1.89 bits per heavy atom. The third-order valence-electron chi connectivity index (χ3n) is 5.12. The minimum atomic E-state index is -0.375. The first-order chi connectivity index (χ1) is 13.5. The van der Waals surface area contributed by atoms with Gasteiger partial charge in [-0.25, -0.2) is 0 Å². The number of nitrogens with zero attached hydrogens (tertiary/aromatic N) is 1. The van der Waals surface area contributed by atoms with Crippen molar-refractivity contribution in [3.8, 4) is 5.75 Å². The third kappa shape index (κ3) is 4.09. The van der Waals surface area contributed by atoms with Crippen LogP contribution in [-0.4, -0.2) is 25.5 Å². The normalized spacial score (nSPS) is 19.2. The molecule has 0 radical (unpaired) electrons. The molecule has 1 heterocycles. The van der Waals surface area contributed by atoms with Gasteiger partial charge in [-0.05, 0) is 43.2 Å². The fourth-order valence-electron chi connectivity index (χ4n) is 3.66. The molecular formula is C23H26N2O3. The molecule has 0 aromatic heterocycles. The summed E-state index contributed by atoms with van der Waals surface area (Å²) >= 11 is 0. The number of hydrogen-bond donors (Lipinski definition) is 1. The minimum Gasteiger partial charge on any atom is -0.497 e. The first-order valence-corrected chi connectivity index (χ1v) is 9.46. The Labute approximate surface area is 166 Å². The third-order valence-corrected chi connectivity index (χ3v) is 5.12. The van der Waals surface area contributed by atoms with Crippen LogP contribution in [0.1, 0.15) is 30.0 Å². The standard InChI is InChI=1S/C23H26N2O3/c1-4-15-24-23(27)20-13-14-21(26)25(18-9-5-16(2)6-10-18)22(20)17-7-11-19(28-3)12-8-17/h4-12,20,22H,1,13-15H2,2-3H3,(H,24,27). The summed E-state index contributed by atoms with van der Waals surface area (Å²) in [5, 5.41) is 2.90. The second kappa shape index (κ2) is 8.74. The Hall–Kier alpha value is -3.08. The highest BCUT2D eigenvalue weighted by Crippen LogP contribution is 2.40. The van der Waals surface area contributed by atoms with Crippen molar-refractivity contribution in [2.45, 2.75) is 25.8 Å². The number of rotatable bonds is 6. The lowest BCUT2D eigenvalue weighted by molar-refractivity contribution is -0.129. The average Bonchev–Trinajstić information content (AvgIpc) is 2.72. The summed E-state index contributed by atoms with van der Waals surface area (Å²) in [5.74, 6) is 0.357. The molecule has 2 aromatic rings. The second-order valence-electron chi connectivity index (χ2n) is 7.00. The van der Waals surface area contributed by atoms with Gasteiger partial charge in [-0.1, -0.05) is 35.9 Å². The lowest BCUT2D eigenvalue weighted by atomic mass is 9.83. The summed E-state index contributed by atoms with van der Waals surface area (Å²) in [4.78, 5) is 27.6. The predicted octanol–water partition coefficient (Wildman–Crippen LogP) is 3.79. The molecular weight excluding hydrogens is 352 g/mol. The van der Waals surface area contributed by atoms with Crippen LogP contribution in [0.4, 0.5) is 5.69 Å². The van der Waals surface area contributed by atoms with Crippen LogP contribution in [0.5, 0.6) is 5.75 Å². The molecule has 2 unspecified atom stereocenters. The van der Waals surface area contributed by atoms with Crippen molar-refractivity contribution in [3.05, 3.63) is 72.3 Å². The Bertz CT molecular complexity index is 843. The number of carbonyl (C=O) groups is 2. The molecule has 5 heteroatoms. The molecule has 0 bridgehead atoms. The highest BCUT2D eigenvalue weighted by Gasteiger charge is 2.41.